The number of likely N-dealkylation sites (tertiary alicyclic amines) is 1. The van der Waals surface area contributed by atoms with E-state index >= 15 is 0 Å². The molecule has 4 rings (SSSR count). The van der Waals surface area contributed by atoms with Gasteiger partial charge in [-0.15, -0.1) is 0 Å². The summed E-state index contributed by atoms with van der Waals surface area (Å²) in [5.74, 6) is 1.32. The highest BCUT2D eigenvalue weighted by atomic mass is 16.5. The van der Waals surface area contributed by atoms with Crippen molar-refractivity contribution in [3.8, 4) is 0 Å². The van der Waals surface area contributed by atoms with Crippen LogP contribution in [0.15, 0.2) is 24.4 Å². The van der Waals surface area contributed by atoms with Crippen molar-refractivity contribution in [3.63, 3.8) is 0 Å². The number of aromatic amines is 1. The first-order valence-electron chi connectivity index (χ1n) is 8.63. The molecular weight excluding hydrogens is 272 g/mol. The summed E-state index contributed by atoms with van der Waals surface area (Å²) in [6, 6.07) is 7.45. The van der Waals surface area contributed by atoms with Crippen molar-refractivity contribution in [2.24, 2.45) is 5.92 Å². The monoisotopic (exact) mass is 298 g/mol. The van der Waals surface area contributed by atoms with Gasteiger partial charge in [-0.2, -0.15) is 0 Å². The summed E-state index contributed by atoms with van der Waals surface area (Å²) in [5, 5.41) is 1.50. The summed E-state index contributed by atoms with van der Waals surface area (Å²) in [6.07, 6.45) is 5.92. The molecule has 1 aromatic heterocycles. The molecule has 118 valence electrons. The standard InChI is InChI=1S/C19H26N2O/c1-3-7-21-11-13(12-22-2)8-16-15-5-4-6-17-19(15)14(10-20-17)9-18(16)21/h4-6,10,13,16,18,20H,3,7-9,11-12H2,1-2H3/t13?,16-,18-/m0/s1. The summed E-state index contributed by atoms with van der Waals surface area (Å²) >= 11 is 0. The molecule has 1 fully saturated rings. The average molecular weight is 298 g/mol. The lowest BCUT2D eigenvalue weighted by atomic mass is 9.72. The zero-order valence-corrected chi connectivity index (χ0v) is 13.6. The van der Waals surface area contributed by atoms with Crippen molar-refractivity contribution in [3.05, 3.63) is 35.5 Å². The number of nitrogens with one attached hydrogen (secondary N) is 1. The number of aromatic nitrogens is 1. The second kappa shape index (κ2) is 5.71. The molecule has 1 unspecified atom stereocenters. The van der Waals surface area contributed by atoms with Crippen LogP contribution in [-0.2, 0) is 11.2 Å². The molecular formula is C19H26N2O. The first kappa shape index (κ1) is 14.3. The number of hydrogen-bond acceptors (Lipinski definition) is 2. The fourth-order valence-electron chi connectivity index (χ4n) is 4.80. The maximum atomic E-state index is 5.48. The molecule has 0 saturated carbocycles. The van der Waals surface area contributed by atoms with E-state index in [4.69, 9.17) is 4.74 Å². The van der Waals surface area contributed by atoms with Crippen molar-refractivity contribution in [1.29, 1.82) is 0 Å². The first-order valence-corrected chi connectivity index (χ1v) is 8.63. The molecule has 1 aromatic carbocycles. The Morgan fingerprint density at radius 1 is 1.36 bits per heavy atom. The van der Waals surface area contributed by atoms with Gasteiger partial charge in [-0.3, -0.25) is 4.90 Å². The SMILES string of the molecule is CCCN1CC(COC)C[C@H]2c3cccc4[nH]cc(c34)C[C@@H]21. The van der Waals surface area contributed by atoms with Crippen molar-refractivity contribution < 1.29 is 4.74 Å². The van der Waals surface area contributed by atoms with E-state index in [0.29, 0.717) is 17.9 Å². The van der Waals surface area contributed by atoms with Crippen molar-refractivity contribution in [1.82, 2.24) is 9.88 Å². The van der Waals surface area contributed by atoms with Crippen LogP contribution in [0, 0.1) is 5.92 Å². The molecule has 1 aliphatic carbocycles. The van der Waals surface area contributed by atoms with Crippen LogP contribution in [0.3, 0.4) is 0 Å². The second-order valence-corrected chi connectivity index (χ2v) is 7.01. The third kappa shape index (κ3) is 2.19. The van der Waals surface area contributed by atoms with Crippen LogP contribution in [0.1, 0.15) is 36.8 Å². The van der Waals surface area contributed by atoms with Crippen LogP contribution in [0.5, 0.6) is 0 Å². The largest absolute Gasteiger partial charge is 0.384 e. The highest BCUT2D eigenvalue weighted by Gasteiger charge is 2.40. The van der Waals surface area contributed by atoms with E-state index in [2.05, 4.69) is 41.2 Å². The van der Waals surface area contributed by atoms with E-state index in [1.807, 2.05) is 7.11 Å². The van der Waals surface area contributed by atoms with E-state index in [0.717, 1.165) is 6.61 Å². The number of H-pyrrole nitrogens is 1. The molecule has 1 N–H and O–H groups in total. The Morgan fingerprint density at radius 3 is 3.09 bits per heavy atom. The van der Waals surface area contributed by atoms with Gasteiger partial charge < -0.3 is 9.72 Å². The minimum Gasteiger partial charge on any atom is -0.384 e. The molecule has 2 heterocycles. The smallest absolute Gasteiger partial charge is 0.0502 e. The summed E-state index contributed by atoms with van der Waals surface area (Å²) in [5.41, 5.74) is 4.38. The van der Waals surface area contributed by atoms with Crippen LogP contribution in [-0.4, -0.2) is 42.7 Å². The Bertz CT molecular complexity index is 662. The molecule has 22 heavy (non-hydrogen) atoms. The zero-order valence-electron chi connectivity index (χ0n) is 13.6. The molecule has 0 spiro atoms. The normalized spacial score (nSPS) is 28.0. The lowest BCUT2D eigenvalue weighted by Gasteiger charge is -2.47. The number of nitrogens with zero attached hydrogens (tertiary/aromatic N) is 1. The number of ether oxygens (including phenoxy) is 1. The first-order chi connectivity index (χ1) is 10.8. The molecule has 3 nitrogen and oxygen atoms in total. The van der Waals surface area contributed by atoms with Crippen LogP contribution in [0.4, 0.5) is 0 Å². The van der Waals surface area contributed by atoms with E-state index < -0.39 is 0 Å². The van der Waals surface area contributed by atoms with Gasteiger partial charge in [-0.25, -0.2) is 0 Å². The number of benzene rings is 1. The van der Waals surface area contributed by atoms with Crippen molar-refractivity contribution in [2.75, 3.05) is 26.8 Å². The van der Waals surface area contributed by atoms with Crippen LogP contribution < -0.4 is 0 Å². The second-order valence-electron chi connectivity index (χ2n) is 7.01. The van der Waals surface area contributed by atoms with Gasteiger partial charge >= 0.3 is 0 Å². The zero-order chi connectivity index (χ0) is 15.1. The van der Waals surface area contributed by atoms with Gasteiger partial charge in [0.1, 0.15) is 0 Å². The van der Waals surface area contributed by atoms with Crippen molar-refractivity contribution in [2.45, 2.75) is 38.1 Å². The third-order valence-electron chi connectivity index (χ3n) is 5.57. The van der Waals surface area contributed by atoms with Gasteiger partial charge in [0.15, 0.2) is 0 Å². The lowest BCUT2D eigenvalue weighted by molar-refractivity contribution is 0.0428. The van der Waals surface area contributed by atoms with Crippen LogP contribution in [0.25, 0.3) is 10.9 Å². The predicted octanol–water partition coefficient (Wildman–Crippen LogP) is 3.55. The maximum Gasteiger partial charge on any atom is 0.0502 e. The molecule has 0 radical (unpaired) electrons. The van der Waals surface area contributed by atoms with Gasteiger partial charge in [0, 0.05) is 42.7 Å². The molecule has 1 saturated heterocycles. The maximum absolute atomic E-state index is 5.48. The number of piperidine rings is 1. The third-order valence-corrected chi connectivity index (χ3v) is 5.57. The van der Waals surface area contributed by atoms with E-state index in [-0.39, 0.29) is 0 Å². The Balaban J connectivity index is 1.75. The van der Waals surface area contributed by atoms with Gasteiger partial charge in [0.25, 0.3) is 0 Å². The average Bonchev–Trinajstić information content (AvgIpc) is 2.94. The molecule has 0 bridgehead atoms. The highest BCUT2D eigenvalue weighted by molar-refractivity contribution is 5.88. The van der Waals surface area contributed by atoms with Crippen LogP contribution in [0.2, 0.25) is 0 Å². The van der Waals surface area contributed by atoms with Gasteiger partial charge in [-0.1, -0.05) is 19.1 Å². The Kier molecular flexibility index (Phi) is 3.71. The summed E-state index contributed by atoms with van der Waals surface area (Å²) in [4.78, 5) is 6.20. The Morgan fingerprint density at radius 2 is 2.27 bits per heavy atom. The molecule has 0 amide bonds. The molecule has 2 aromatic rings. The fourth-order valence-corrected chi connectivity index (χ4v) is 4.80. The Hall–Kier alpha value is -1.32. The summed E-state index contributed by atoms with van der Waals surface area (Å²) in [7, 11) is 1.84. The molecule has 3 atom stereocenters. The van der Waals surface area contributed by atoms with Gasteiger partial charge in [0.05, 0.1) is 6.61 Å². The molecule has 1 aliphatic heterocycles. The minimum absolute atomic E-state index is 0.660. The summed E-state index contributed by atoms with van der Waals surface area (Å²) < 4.78 is 5.48. The number of hydrogen-bond donors (Lipinski definition) is 1. The topological polar surface area (TPSA) is 28.3 Å². The predicted molar refractivity (Wildman–Crippen MR) is 90.4 cm³/mol. The van der Waals surface area contributed by atoms with E-state index in [1.165, 1.54) is 48.8 Å². The Labute approximate surface area is 132 Å². The molecule has 3 heteroatoms. The number of fused-ring (bicyclic) bond motifs is 2. The van der Waals surface area contributed by atoms with Gasteiger partial charge in [0.2, 0.25) is 0 Å². The van der Waals surface area contributed by atoms with E-state index in [1.54, 1.807) is 5.56 Å². The lowest BCUT2D eigenvalue weighted by Crippen LogP contribution is -2.50. The minimum atomic E-state index is 0.660. The number of methoxy groups -OCH3 is 1. The van der Waals surface area contributed by atoms with Crippen molar-refractivity contribution >= 4 is 10.9 Å². The summed E-state index contributed by atoms with van der Waals surface area (Å²) in [6.45, 7) is 5.58. The highest BCUT2D eigenvalue weighted by Crippen LogP contribution is 2.44. The molecule has 2 aliphatic rings. The van der Waals surface area contributed by atoms with E-state index in [9.17, 15) is 0 Å². The van der Waals surface area contributed by atoms with Crippen LogP contribution >= 0.6 is 0 Å². The number of rotatable bonds is 4. The fraction of sp³-hybridized carbons (Fsp3) is 0.579. The van der Waals surface area contributed by atoms with Gasteiger partial charge in [-0.05, 0) is 48.9 Å². The quantitative estimate of drug-likeness (QED) is 0.935.